The molecule has 0 saturated heterocycles. The molecule has 1 aliphatic rings. The zero-order chi connectivity index (χ0) is 12.9. The second-order valence-corrected chi connectivity index (χ2v) is 6.38. The van der Waals surface area contributed by atoms with Gasteiger partial charge in [-0.1, -0.05) is 20.3 Å². The van der Waals surface area contributed by atoms with Gasteiger partial charge in [0.25, 0.3) is 10.2 Å². The summed E-state index contributed by atoms with van der Waals surface area (Å²) in [6.07, 6.45) is 3.28. The maximum absolute atomic E-state index is 11.9. The highest BCUT2D eigenvalue weighted by Crippen LogP contribution is 2.23. The summed E-state index contributed by atoms with van der Waals surface area (Å²) in [7, 11) is -3.34. The van der Waals surface area contributed by atoms with E-state index in [2.05, 4.69) is 4.72 Å². The Morgan fingerprint density at radius 2 is 1.94 bits per heavy atom. The second-order valence-electron chi connectivity index (χ2n) is 4.62. The Bertz CT molecular complexity index is 315. The number of nitrogens with zero attached hydrogens (tertiary/aromatic N) is 1. The molecule has 1 fully saturated rings. The fourth-order valence-electron chi connectivity index (χ4n) is 2.33. The SMILES string of the molecule is CCN(CC)S(=O)(=O)NCC1CCCC(O)C1. The Morgan fingerprint density at radius 3 is 2.47 bits per heavy atom. The summed E-state index contributed by atoms with van der Waals surface area (Å²) in [5.74, 6) is 0.268. The molecule has 1 saturated carbocycles. The van der Waals surface area contributed by atoms with Crippen molar-refractivity contribution in [2.75, 3.05) is 19.6 Å². The summed E-state index contributed by atoms with van der Waals surface area (Å²) in [5, 5.41) is 9.52. The quantitative estimate of drug-likeness (QED) is 0.742. The van der Waals surface area contributed by atoms with Crippen LogP contribution in [-0.2, 0) is 10.2 Å². The van der Waals surface area contributed by atoms with Gasteiger partial charge in [-0.25, -0.2) is 4.72 Å². The first-order valence-corrected chi connectivity index (χ1v) is 7.86. The molecule has 102 valence electrons. The summed E-state index contributed by atoms with van der Waals surface area (Å²) < 4.78 is 27.8. The highest BCUT2D eigenvalue weighted by Gasteiger charge is 2.23. The standard InChI is InChI=1S/C11H24N2O3S/c1-3-13(4-2)17(15,16)12-9-10-6-5-7-11(14)8-10/h10-12,14H,3-9H2,1-2H3. The maximum atomic E-state index is 11.9. The van der Waals surface area contributed by atoms with Crippen LogP contribution < -0.4 is 4.72 Å². The van der Waals surface area contributed by atoms with Gasteiger partial charge in [0.15, 0.2) is 0 Å². The van der Waals surface area contributed by atoms with E-state index in [1.54, 1.807) is 0 Å². The molecule has 2 unspecified atom stereocenters. The number of nitrogens with one attached hydrogen (secondary N) is 1. The topological polar surface area (TPSA) is 69.6 Å². The van der Waals surface area contributed by atoms with Crippen molar-refractivity contribution < 1.29 is 13.5 Å². The Morgan fingerprint density at radius 1 is 1.29 bits per heavy atom. The van der Waals surface area contributed by atoms with Crippen molar-refractivity contribution in [3.63, 3.8) is 0 Å². The summed E-state index contributed by atoms with van der Waals surface area (Å²) in [6, 6.07) is 0. The molecular formula is C11H24N2O3S. The molecule has 2 atom stereocenters. The Kier molecular flexibility index (Phi) is 5.85. The molecule has 0 amide bonds. The van der Waals surface area contributed by atoms with E-state index >= 15 is 0 Å². The molecule has 0 aromatic rings. The largest absolute Gasteiger partial charge is 0.393 e. The summed E-state index contributed by atoms with van der Waals surface area (Å²) >= 11 is 0. The predicted octanol–water partition coefficient (Wildman–Crippen LogP) is 0.714. The molecule has 0 spiro atoms. The molecule has 0 bridgehead atoms. The van der Waals surface area contributed by atoms with E-state index in [0.29, 0.717) is 26.1 Å². The lowest BCUT2D eigenvalue weighted by atomic mass is 9.87. The normalized spacial score (nSPS) is 26.4. The fourth-order valence-corrected chi connectivity index (χ4v) is 3.63. The minimum Gasteiger partial charge on any atom is -0.393 e. The van der Waals surface area contributed by atoms with E-state index in [1.165, 1.54) is 4.31 Å². The van der Waals surface area contributed by atoms with Crippen molar-refractivity contribution in [3.05, 3.63) is 0 Å². The summed E-state index contributed by atoms with van der Waals surface area (Å²) in [5.41, 5.74) is 0. The third kappa shape index (κ3) is 4.54. The van der Waals surface area contributed by atoms with Crippen molar-refractivity contribution in [1.29, 1.82) is 0 Å². The molecule has 0 aromatic carbocycles. The Hall–Kier alpha value is -0.170. The molecule has 6 heteroatoms. The van der Waals surface area contributed by atoms with Crippen LogP contribution >= 0.6 is 0 Å². The first kappa shape index (κ1) is 14.9. The molecular weight excluding hydrogens is 240 g/mol. The molecule has 5 nitrogen and oxygen atoms in total. The second kappa shape index (κ2) is 6.68. The number of aliphatic hydroxyl groups excluding tert-OH is 1. The number of rotatable bonds is 6. The number of hydrogen-bond donors (Lipinski definition) is 2. The van der Waals surface area contributed by atoms with E-state index in [1.807, 2.05) is 13.8 Å². The van der Waals surface area contributed by atoms with Crippen LogP contribution in [0.5, 0.6) is 0 Å². The zero-order valence-electron chi connectivity index (χ0n) is 10.7. The van der Waals surface area contributed by atoms with E-state index < -0.39 is 10.2 Å². The molecule has 2 N–H and O–H groups in total. The lowest BCUT2D eigenvalue weighted by Gasteiger charge is -2.27. The zero-order valence-corrected chi connectivity index (χ0v) is 11.5. The van der Waals surface area contributed by atoms with Gasteiger partial charge in [-0.2, -0.15) is 12.7 Å². The summed E-state index contributed by atoms with van der Waals surface area (Å²) in [4.78, 5) is 0. The van der Waals surface area contributed by atoms with Gasteiger partial charge in [-0.05, 0) is 25.2 Å². The van der Waals surface area contributed by atoms with Gasteiger partial charge in [0.1, 0.15) is 0 Å². The van der Waals surface area contributed by atoms with Gasteiger partial charge in [0.2, 0.25) is 0 Å². The van der Waals surface area contributed by atoms with Crippen molar-refractivity contribution in [3.8, 4) is 0 Å². The minimum absolute atomic E-state index is 0.258. The molecule has 0 radical (unpaired) electrons. The molecule has 0 heterocycles. The van der Waals surface area contributed by atoms with Crippen molar-refractivity contribution >= 4 is 10.2 Å². The third-order valence-electron chi connectivity index (χ3n) is 3.35. The highest BCUT2D eigenvalue weighted by molar-refractivity contribution is 7.87. The van der Waals surface area contributed by atoms with E-state index in [9.17, 15) is 13.5 Å². The highest BCUT2D eigenvalue weighted by atomic mass is 32.2. The van der Waals surface area contributed by atoms with Gasteiger partial charge < -0.3 is 5.11 Å². The Balaban J connectivity index is 2.43. The first-order valence-electron chi connectivity index (χ1n) is 6.42. The lowest BCUT2D eigenvalue weighted by molar-refractivity contribution is 0.102. The Labute approximate surface area is 104 Å². The fraction of sp³-hybridized carbons (Fsp3) is 1.00. The van der Waals surface area contributed by atoms with Crippen LogP contribution in [0.3, 0.4) is 0 Å². The van der Waals surface area contributed by atoms with Gasteiger partial charge in [-0.3, -0.25) is 0 Å². The molecule has 0 aromatic heterocycles. The number of aliphatic hydroxyl groups is 1. The van der Waals surface area contributed by atoms with Crippen LogP contribution in [0.4, 0.5) is 0 Å². The molecule has 0 aliphatic heterocycles. The smallest absolute Gasteiger partial charge is 0.279 e. The molecule has 1 aliphatic carbocycles. The molecule has 1 rings (SSSR count). The van der Waals surface area contributed by atoms with E-state index in [0.717, 1.165) is 19.3 Å². The summed E-state index contributed by atoms with van der Waals surface area (Å²) in [6.45, 7) is 5.06. The maximum Gasteiger partial charge on any atom is 0.279 e. The average Bonchev–Trinajstić information content (AvgIpc) is 2.28. The van der Waals surface area contributed by atoms with Crippen molar-refractivity contribution in [2.24, 2.45) is 5.92 Å². The van der Waals surface area contributed by atoms with E-state index in [-0.39, 0.29) is 12.0 Å². The van der Waals surface area contributed by atoms with Crippen LogP contribution in [-0.4, -0.2) is 43.6 Å². The van der Waals surface area contributed by atoms with Gasteiger partial charge in [0, 0.05) is 19.6 Å². The molecule has 17 heavy (non-hydrogen) atoms. The van der Waals surface area contributed by atoms with Gasteiger partial charge >= 0.3 is 0 Å². The van der Waals surface area contributed by atoms with Gasteiger partial charge in [0.05, 0.1) is 6.10 Å². The first-order chi connectivity index (χ1) is 7.99. The lowest BCUT2D eigenvalue weighted by Crippen LogP contribution is -2.43. The van der Waals surface area contributed by atoms with Crippen LogP contribution in [0.1, 0.15) is 39.5 Å². The predicted molar refractivity (Wildman–Crippen MR) is 67.8 cm³/mol. The third-order valence-corrected chi connectivity index (χ3v) is 5.08. The van der Waals surface area contributed by atoms with Crippen molar-refractivity contribution in [1.82, 2.24) is 9.03 Å². The van der Waals surface area contributed by atoms with Crippen LogP contribution in [0, 0.1) is 5.92 Å². The van der Waals surface area contributed by atoms with Crippen LogP contribution in [0.2, 0.25) is 0 Å². The van der Waals surface area contributed by atoms with E-state index in [4.69, 9.17) is 0 Å². The number of hydrogen-bond acceptors (Lipinski definition) is 3. The average molecular weight is 264 g/mol. The van der Waals surface area contributed by atoms with Crippen LogP contribution in [0.15, 0.2) is 0 Å². The van der Waals surface area contributed by atoms with Crippen molar-refractivity contribution in [2.45, 2.75) is 45.6 Å². The van der Waals surface area contributed by atoms with Crippen LogP contribution in [0.25, 0.3) is 0 Å². The monoisotopic (exact) mass is 264 g/mol. The minimum atomic E-state index is -3.34. The van der Waals surface area contributed by atoms with Gasteiger partial charge in [-0.15, -0.1) is 0 Å².